The topological polar surface area (TPSA) is 91.7 Å². The number of benzene rings is 2. The Morgan fingerprint density at radius 2 is 1.81 bits per heavy atom. The summed E-state index contributed by atoms with van der Waals surface area (Å²) < 4.78 is 16.8. The van der Waals surface area contributed by atoms with Gasteiger partial charge in [0.15, 0.2) is 17.3 Å². The molecule has 1 saturated heterocycles. The van der Waals surface area contributed by atoms with Gasteiger partial charge in [0.1, 0.15) is 11.5 Å². The number of carbonyl (C=O) groups is 1. The average molecular weight is 440 g/mol. The van der Waals surface area contributed by atoms with E-state index in [-0.39, 0.29) is 23.9 Å². The SMILES string of the molecule is COc1cccc(C=C2Oc3c(ccc(O)c3CN3CCN(CCO)CC3)C2=O)c1OC. The van der Waals surface area contributed by atoms with Gasteiger partial charge in [-0.25, -0.2) is 0 Å². The second-order valence-electron chi connectivity index (χ2n) is 7.80. The highest BCUT2D eigenvalue weighted by Crippen LogP contribution is 2.41. The molecule has 2 N–H and O–H groups in total. The van der Waals surface area contributed by atoms with Gasteiger partial charge in [0.05, 0.1) is 32.0 Å². The maximum absolute atomic E-state index is 13.0. The molecule has 0 amide bonds. The summed E-state index contributed by atoms with van der Waals surface area (Å²) in [7, 11) is 3.10. The third-order valence-electron chi connectivity index (χ3n) is 5.90. The Balaban J connectivity index is 1.59. The Hall–Kier alpha value is -3.07. The largest absolute Gasteiger partial charge is 0.507 e. The number of aliphatic hydroxyl groups is 1. The van der Waals surface area contributed by atoms with Crippen LogP contribution in [-0.2, 0) is 6.54 Å². The zero-order valence-electron chi connectivity index (χ0n) is 18.3. The fourth-order valence-corrected chi connectivity index (χ4v) is 4.15. The van der Waals surface area contributed by atoms with E-state index in [1.54, 1.807) is 38.5 Å². The summed E-state index contributed by atoms with van der Waals surface area (Å²) in [6.07, 6.45) is 1.64. The fourth-order valence-electron chi connectivity index (χ4n) is 4.15. The van der Waals surface area contributed by atoms with Crippen molar-refractivity contribution in [3.05, 3.63) is 52.8 Å². The summed E-state index contributed by atoms with van der Waals surface area (Å²) in [5, 5.41) is 19.7. The highest BCUT2D eigenvalue weighted by Gasteiger charge is 2.32. The predicted octanol–water partition coefficient (Wildman–Crippen LogP) is 2.14. The third kappa shape index (κ3) is 4.29. The van der Waals surface area contributed by atoms with E-state index in [4.69, 9.17) is 19.3 Å². The Labute approximate surface area is 187 Å². The van der Waals surface area contributed by atoms with Crippen LogP contribution in [0.25, 0.3) is 6.08 Å². The molecule has 0 aromatic heterocycles. The number of aromatic hydroxyl groups is 1. The zero-order chi connectivity index (χ0) is 22.7. The van der Waals surface area contributed by atoms with Crippen LogP contribution >= 0.6 is 0 Å². The monoisotopic (exact) mass is 440 g/mol. The zero-order valence-corrected chi connectivity index (χ0v) is 18.3. The Kier molecular flexibility index (Phi) is 6.64. The molecule has 8 nitrogen and oxygen atoms in total. The Morgan fingerprint density at radius 3 is 2.50 bits per heavy atom. The highest BCUT2D eigenvalue weighted by molar-refractivity contribution is 6.15. The molecule has 8 heteroatoms. The van der Waals surface area contributed by atoms with E-state index in [2.05, 4.69) is 9.80 Å². The molecular formula is C24H28N2O6. The number of piperazine rings is 1. The number of hydrogen-bond donors (Lipinski definition) is 2. The third-order valence-corrected chi connectivity index (χ3v) is 5.90. The van der Waals surface area contributed by atoms with E-state index >= 15 is 0 Å². The molecule has 0 spiro atoms. The number of rotatable bonds is 7. The molecule has 32 heavy (non-hydrogen) atoms. The summed E-state index contributed by atoms with van der Waals surface area (Å²) in [5.74, 6) is 1.52. The summed E-state index contributed by atoms with van der Waals surface area (Å²) in [4.78, 5) is 17.4. The number of hydrogen-bond acceptors (Lipinski definition) is 8. The van der Waals surface area contributed by atoms with Crippen molar-refractivity contribution in [3.8, 4) is 23.0 Å². The summed E-state index contributed by atoms with van der Waals surface area (Å²) in [6.45, 7) is 4.59. The number of allylic oxidation sites excluding steroid dienone is 1. The van der Waals surface area contributed by atoms with Gasteiger partial charge < -0.3 is 24.4 Å². The predicted molar refractivity (Wildman–Crippen MR) is 119 cm³/mol. The van der Waals surface area contributed by atoms with Crippen LogP contribution in [0, 0.1) is 0 Å². The van der Waals surface area contributed by atoms with Crippen molar-refractivity contribution in [3.63, 3.8) is 0 Å². The molecule has 2 aromatic rings. The minimum atomic E-state index is -0.237. The smallest absolute Gasteiger partial charge is 0.231 e. The number of fused-ring (bicyclic) bond motifs is 1. The number of methoxy groups -OCH3 is 2. The normalized spacial score (nSPS) is 18.0. The maximum atomic E-state index is 13.0. The molecule has 1 fully saturated rings. The number of aliphatic hydroxyl groups excluding tert-OH is 1. The van der Waals surface area contributed by atoms with Crippen molar-refractivity contribution < 1.29 is 29.2 Å². The first-order chi connectivity index (χ1) is 15.5. The molecule has 0 saturated carbocycles. The standard InChI is InChI=1S/C24H28N2O6/c1-30-20-5-3-4-16(23(20)31-2)14-21-22(29)17-6-7-19(28)18(24(17)32-21)15-26-10-8-25(9-11-26)12-13-27/h3-7,14,27-28H,8-13,15H2,1-2H3. The Morgan fingerprint density at radius 1 is 1.06 bits per heavy atom. The van der Waals surface area contributed by atoms with Crippen molar-refractivity contribution in [2.75, 3.05) is 53.6 Å². The Bertz CT molecular complexity index is 1030. The number of para-hydroxylation sites is 1. The van der Waals surface area contributed by atoms with Crippen LogP contribution in [-0.4, -0.2) is 79.3 Å². The first-order valence-electron chi connectivity index (χ1n) is 10.6. The van der Waals surface area contributed by atoms with Crippen LogP contribution in [0.15, 0.2) is 36.1 Å². The fraction of sp³-hybridized carbons (Fsp3) is 0.375. The van der Waals surface area contributed by atoms with Crippen molar-refractivity contribution >= 4 is 11.9 Å². The van der Waals surface area contributed by atoms with Crippen LogP contribution in [0.2, 0.25) is 0 Å². The van der Waals surface area contributed by atoms with Gasteiger partial charge in [0, 0.05) is 44.8 Å². The molecule has 2 aliphatic heterocycles. The molecule has 4 rings (SSSR count). The van der Waals surface area contributed by atoms with E-state index in [1.165, 1.54) is 0 Å². The minimum Gasteiger partial charge on any atom is -0.507 e. The number of phenols is 1. The van der Waals surface area contributed by atoms with Crippen molar-refractivity contribution in [2.24, 2.45) is 0 Å². The molecule has 0 aliphatic carbocycles. The van der Waals surface area contributed by atoms with Gasteiger partial charge in [-0.1, -0.05) is 12.1 Å². The molecule has 0 bridgehead atoms. The van der Waals surface area contributed by atoms with Gasteiger partial charge in [-0.3, -0.25) is 14.6 Å². The average Bonchev–Trinajstić information content (AvgIpc) is 3.12. The lowest BCUT2D eigenvalue weighted by atomic mass is 10.0. The van der Waals surface area contributed by atoms with E-state index in [0.717, 1.165) is 26.2 Å². The number of ether oxygens (including phenoxy) is 3. The van der Waals surface area contributed by atoms with Gasteiger partial charge >= 0.3 is 0 Å². The summed E-state index contributed by atoms with van der Waals surface area (Å²) in [6, 6.07) is 8.56. The van der Waals surface area contributed by atoms with Gasteiger partial charge in [-0.15, -0.1) is 0 Å². The molecule has 170 valence electrons. The van der Waals surface area contributed by atoms with Crippen LogP contribution in [0.5, 0.6) is 23.0 Å². The van der Waals surface area contributed by atoms with Gasteiger partial charge in [0.25, 0.3) is 0 Å². The minimum absolute atomic E-state index is 0.106. The van der Waals surface area contributed by atoms with Gasteiger partial charge in [0.2, 0.25) is 5.78 Å². The van der Waals surface area contributed by atoms with Gasteiger partial charge in [-0.05, 0) is 24.3 Å². The number of ketones is 1. The van der Waals surface area contributed by atoms with Crippen molar-refractivity contribution in [1.29, 1.82) is 0 Å². The molecule has 0 radical (unpaired) electrons. The maximum Gasteiger partial charge on any atom is 0.231 e. The van der Waals surface area contributed by atoms with E-state index in [1.807, 2.05) is 12.1 Å². The van der Waals surface area contributed by atoms with E-state index in [9.17, 15) is 9.90 Å². The number of β-amino-alcohol motifs (C(OH)–C–C–N with tert-alkyl or cyclic N) is 1. The van der Waals surface area contributed by atoms with Crippen molar-refractivity contribution in [2.45, 2.75) is 6.54 Å². The van der Waals surface area contributed by atoms with Crippen LogP contribution in [0.3, 0.4) is 0 Å². The molecule has 0 unspecified atom stereocenters. The first kappa shape index (κ1) is 22.1. The number of Topliss-reactive ketones (excluding diaryl/α,β-unsaturated/α-hetero) is 1. The first-order valence-corrected chi connectivity index (χ1v) is 10.6. The second kappa shape index (κ2) is 9.60. The summed E-state index contributed by atoms with van der Waals surface area (Å²) in [5.41, 5.74) is 1.70. The molecule has 2 aromatic carbocycles. The number of carbonyl (C=O) groups excluding carboxylic acids is 1. The highest BCUT2D eigenvalue weighted by atomic mass is 16.5. The van der Waals surface area contributed by atoms with Crippen LogP contribution < -0.4 is 14.2 Å². The lowest BCUT2D eigenvalue weighted by Crippen LogP contribution is -2.46. The lowest BCUT2D eigenvalue weighted by Gasteiger charge is -2.34. The van der Waals surface area contributed by atoms with Crippen molar-refractivity contribution in [1.82, 2.24) is 9.80 Å². The lowest BCUT2D eigenvalue weighted by molar-refractivity contribution is 0.101. The van der Waals surface area contributed by atoms with Crippen LogP contribution in [0.4, 0.5) is 0 Å². The molecular weight excluding hydrogens is 412 g/mol. The second-order valence-corrected chi connectivity index (χ2v) is 7.80. The van der Waals surface area contributed by atoms with E-state index in [0.29, 0.717) is 47.0 Å². The van der Waals surface area contributed by atoms with Gasteiger partial charge in [-0.2, -0.15) is 0 Å². The number of nitrogens with zero attached hydrogens (tertiary/aromatic N) is 2. The quantitative estimate of drug-likeness (QED) is 0.633. The molecule has 0 atom stereocenters. The molecule has 2 heterocycles. The molecule has 2 aliphatic rings. The van der Waals surface area contributed by atoms with E-state index < -0.39 is 0 Å². The number of phenolic OH excluding ortho intramolecular Hbond substituents is 1. The summed E-state index contributed by atoms with van der Waals surface area (Å²) >= 11 is 0. The van der Waals surface area contributed by atoms with Crippen LogP contribution in [0.1, 0.15) is 21.5 Å².